The second-order valence-electron chi connectivity index (χ2n) is 4.26. The lowest BCUT2D eigenvalue weighted by molar-refractivity contribution is -0.190. The molecule has 1 heterocycles. The largest absolute Gasteiger partial charge is 0.469 e. The lowest BCUT2D eigenvalue weighted by atomic mass is 9.82. The first kappa shape index (κ1) is 11.5. The van der Waals surface area contributed by atoms with Crippen molar-refractivity contribution in [2.24, 2.45) is 5.92 Å². The van der Waals surface area contributed by atoms with Crippen molar-refractivity contribution in [3.8, 4) is 0 Å². The van der Waals surface area contributed by atoms with Gasteiger partial charge in [-0.15, -0.1) is 0 Å². The summed E-state index contributed by atoms with van der Waals surface area (Å²) in [6.07, 6.45) is 1.62. The minimum atomic E-state index is -0.618. The molecule has 0 radical (unpaired) electrons. The van der Waals surface area contributed by atoms with E-state index in [1.54, 1.807) is 0 Å². The molecule has 1 unspecified atom stereocenters. The van der Waals surface area contributed by atoms with E-state index in [0.717, 1.165) is 0 Å². The van der Waals surface area contributed by atoms with Crippen LogP contribution in [0.5, 0.6) is 0 Å². The second kappa shape index (κ2) is 4.51. The van der Waals surface area contributed by atoms with Crippen LogP contribution in [0.15, 0.2) is 0 Å². The van der Waals surface area contributed by atoms with Crippen molar-refractivity contribution in [2.45, 2.75) is 31.5 Å². The molecule has 0 aromatic heterocycles. The second-order valence-corrected chi connectivity index (χ2v) is 4.26. The normalized spacial score (nSPS) is 28.3. The number of hydrogen-bond donors (Lipinski definition) is 0. The lowest BCUT2D eigenvalue weighted by Gasteiger charge is -2.34. The van der Waals surface area contributed by atoms with E-state index in [-0.39, 0.29) is 24.1 Å². The van der Waals surface area contributed by atoms with Gasteiger partial charge in [-0.2, -0.15) is 0 Å². The smallest absolute Gasteiger partial charge is 0.306 e. The van der Waals surface area contributed by atoms with Gasteiger partial charge < -0.3 is 14.2 Å². The molecule has 2 fully saturated rings. The van der Waals surface area contributed by atoms with E-state index in [2.05, 4.69) is 4.74 Å². The number of Topliss-reactive ketones (excluding diaryl/α,β-unsaturated/α-hetero) is 1. The van der Waals surface area contributed by atoms with E-state index in [0.29, 0.717) is 32.5 Å². The Morgan fingerprint density at radius 2 is 2.19 bits per heavy atom. The molecule has 0 aromatic rings. The Morgan fingerprint density at radius 3 is 2.81 bits per heavy atom. The molecule has 0 N–H and O–H groups in total. The van der Waals surface area contributed by atoms with Gasteiger partial charge in [0.1, 0.15) is 5.78 Å². The van der Waals surface area contributed by atoms with Crippen molar-refractivity contribution in [1.29, 1.82) is 0 Å². The van der Waals surface area contributed by atoms with Crippen molar-refractivity contribution >= 4 is 11.8 Å². The van der Waals surface area contributed by atoms with Crippen LogP contribution in [0.25, 0.3) is 0 Å². The highest BCUT2D eigenvalue weighted by molar-refractivity contribution is 5.86. The number of hydrogen-bond acceptors (Lipinski definition) is 5. The van der Waals surface area contributed by atoms with Gasteiger partial charge in [0.2, 0.25) is 0 Å². The maximum absolute atomic E-state index is 11.7. The van der Waals surface area contributed by atoms with E-state index in [1.807, 2.05) is 0 Å². The molecule has 2 rings (SSSR count). The number of carbonyl (C=O) groups is 2. The zero-order valence-corrected chi connectivity index (χ0v) is 9.36. The van der Waals surface area contributed by atoms with Crippen LogP contribution in [-0.4, -0.2) is 37.9 Å². The Hall–Kier alpha value is -0.940. The van der Waals surface area contributed by atoms with Crippen LogP contribution in [0, 0.1) is 5.92 Å². The Bertz CT molecular complexity index is 293. The molecule has 90 valence electrons. The third-order valence-corrected chi connectivity index (χ3v) is 3.22. The molecule has 1 saturated heterocycles. The van der Waals surface area contributed by atoms with Crippen molar-refractivity contribution in [3.05, 3.63) is 0 Å². The molecule has 0 amide bonds. The molecule has 1 atom stereocenters. The third-order valence-electron chi connectivity index (χ3n) is 3.22. The molecule has 2 aliphatic rings. The average molecular weight is 228 g/mol. The monoisotopic (exact) mass is 228 g/mol. The van der Waals surface area contributed by atoms with Gasteiger partial charge in [-0.25, -0.2) is 0 Å². The topological polar surface area (TPSA) is 61.8 Å². The Balaban J connectivity index is 2.00. The summed E-state index contributed by atoms with van der Waals surface area (Å²) in [5, 5.41) is 0. The summed E-state index contributed by atoms with van der Waals surface area (Å²) in [6.45, 7) is 1.14. The molecular formula is C11H16O5. The maximum atomic E-state index is 11.7. The molecule has 1 saturated carbocycles. The highest BCUT2D eigenvalue weighted by Crippen LogP contribution is 2.38. The Morgan fingerprint density at radius 1 is 1.50 bits per heavy atom. The fourth-order valence-corrected chi connectivity index (χ4v) is 2.34. The highest BCUT2D eigenvalue weighted by Gasteiger charge is 2.45. The van der Waals surface area contributed by atoms with Crippen molar-refractivity contribution in [3.63, 3.8) is 0 Å². The van der Waals surface area contributed by atoms with Gasteiger partial charge in [-0.05, 0) is 0 Å². The molecule has 5 nitrogen and oxygen atoms in total. The lowest BCUT2D eigenvalue weighted by Crippen LogP contribution is -2.41. The van der Waals surface area contributed by atoms with Crippen molar-refractivity contribution in [2.75, 3.05) is 20.3 Å². The molecule has 1 aliphatic carbocycles. The van der Waals surface area contributed by atoms with Crippen LogP contribution >= 0.6 is 0 Å². The fourth-order valence-electron chi connectivity index (χ4n) is 2.34. The van der Waals surface area contributed by atoms with Gasteiger partial charge in [0.15, 0.2) is 5.79 Å². The van der Waals surface area contributed by atoms with Crippen LogP contribution < -0.4 is 0 Å². The van der Waals surface area contributed by atoms with Crippen LogP contribution in [-0.2, 0) is 23.8 Å². The number of methoxy groups -OCH3 is 1. The minimum Gasteiger partial charge on any atom is -0.469 e. The molecule has 5 heteroatoms. The van der Waals surface area contributed by atoms with Gasteiger partial charge >= 0.3 is 5.97 Å². The molecule has 0 bridgehead atoms. The number of esters is 1. The zero-order valence-electron chi connectivity index (χ0n) is 9.36. The molecule has 16 heavy (non-hydrogen) atoms. The zero-order chi connectivity index (χ0) is 11.6. The van der Waals surface area contributed by atoms with Gasteiger partial charge in [-0.1, -0.05) is 0 Å². The SMILES string of the molecule is COC(=O)CC1CC2(CCC1=O)OCCO2. The van der Waals surface area contributed by atoms with Crippen LogP contribution in [0.2, 0.25) is 0 Å². The van der Waals surface area contributed by atoms with E-state index in [9.17, 15) is 9.59 Å². The van der Waals surface area contributed by atoms with Gasteiger partial charge in [0.25, 0.3) is 0 Å². The van der Waals surface area contributed by atoms with E-state index in [1.165, 1.54) is 7.11 Å². The third kappa shape index (κ3) is 2.25. The predicted molar refractivity (Wildman–Crippen MR) is 53.6 cm³/mol. The predicted octanol–water partition coefficient (Wildman–Crippen LogP) is 0.662. The van der Waals surface area contributed by atoms with Crippen molar-refractivity contribution < 1.29 is 23.8 Å². The quantitative estimate of drug-likeness (QED) is 0.650. The molecule has 1 spiro atoms. The Labute approximate surface area is 94.0 Å². The summed E-state index contributed by atoms with van der Waals surface area (Å²) in [4.78, 5) is 22.8. The number of carbonyl (C=O) groups excluding carboxylic acids is 2. The summed E-state index contributed by atoms with van der Waals surface area (Å²) in [6, 6.07) is 0. The maximum Gasteiger partial charge on any atom is 0.306 e. The number of ketones is 1. The van der Waals surface area contributed by atoms with Gasteiger partial charge in [0.05, 0.1) is 26.7 Å². The summed E-state index contributed by atoms with van der Waals surface area (Å²) >= 11 is 0. The molecule has 0 aromatic carbocycles. The van der Waals surface area contributed by atoms with Gasteiger partial charge in [-0.3, -0.25) is 9.59 Å². The summed E-state index contributed by atoms with van der Waals surface area (Å²) in [5.74, 6) is -1.19. The van der Waals surface area contributed by atoms with Crippen LogP contribution in [0.3, 0.4) is 0 Å². The number of rotatable bonds is 2. The molecule has 1 aliphatic heterocycles. The first-order chi connectivity index (χ1) is 7.65. The summed E-state index contributed by atoms with van der Waals surface area (Å²) in [7, 11) is 1.33. The van der Waals surface area contributed by atoms with E-state index < -0.39 is 5.79 Å². The van der Waals surface area contributed by atoms with E-state index in [4.69, 9.17) is 9.47 Å². The van der Waals surface area contributed by atoms with Gasteiger partial charge in [0, 0.05) is 25.2 Å². The first-order valence-electron chi connectivity index (χ1n) is 5.53. The summed E-state index contributed by atoms with van der Waals surface area (Å²) in [5.41, 5.74) is 0. The standard InChI is InChI=1S/C11H16O5/c1-14-10(13)6-8-7-11(3-2-9(8)12)15-4-5-16-11/h8H,2-7H2,1H3. The molecular weight excluding hydrogens is 212 g/mol. The Kier molecular flexibility index (Phi) is 3.25. The summed E-state index contributed by atoms with van der Waals surface area (Å²) < 4.78 is 15.7. The van der Waals surface area contributed by atoms with Crippen molar-refractivity contribution in [1.82, 2.24) is 0 Å². The number of ether oxygens (including phenoxy) is 3. The fraction of sp³-hybridized carbons (Fsp3) is 0.818. The average Bonchev–Trinajstić information content (AvgIpc) is 2.72. The first-order valence-corrected chi connectivity index (χ1v) is 5.53. The van der Waals surface area contributed by atoms with E-state index >= 15 is 0 Å². The highest BCUT2D eigenvalue weighted by atomic mass is 16.7. The minimum absolute atomic E-state index is 0.107. The van der Waals surface area contributed by atoms with Crippen LogP contribution in [0.4, 0.5) is 0 Å². The van der Waals surface area contributed by atoms with Crippen LogP contribution in [0.1, 0.15) is 25.7 Å².